The molecule has 1 N–H and O–H groups in total. The molecule has 4 heteroatoms. The monoisotopic (exact) mass is 332 g/mol. The maximum Gasteiger partial charge on any atom is 0.253 e. The number of phenols is 1. The number of aromatic hydroxyl groups is 1. The van der Waals surface area contributed by atoms with Crippen molar-refractivity contribution in [3.63, 3.8) is 0 Å². The lowest BCUT2D eigenvalue weighted by Gasteiger charge is -2.33. The van der Waals surface area contributed by atoms with Gasteiger partial charge in [-0.2, -0.15) is 0 Å². The molecular formula is C20H32N2O2. The molecule has 1 aliphatic heterocycles. The van der Waals surface area contributed by atoms with Crippen molar-refractivity contribution in [2.75, 3.05) is 33.2 Å². The summed E-state index contributed by atoms with van der Waals surface area (Å²) in [5, 5.41) is 10.8. The molecule has 1 aromatic rings. The second-order valence-corrected chi connectivity index (χ2v) is 9.02. The second-order valence-electron chi connectivity index (χ2n) is 9.02. The lowest BCUT2D eigenvalue weighted by molar-refractivity contribution is 0.0664. The molecule has 1 heterocycles. The van der Waals surface area contributed by atoms with Crippen LogP contribution < -0.4 is 0 Å². The zero-order valence-electron chi connectivity index (χ0n) is 16.2. The number of benzene rings is 1. The molecule has 0 saturated carbocycles. The van der Waals surface area contributed by atoms with E-state index < -0.39 is 0 Å². The highest BCUT2D eigenvalue weighted by atomic mass is 16.3. The van der Waals surface area contributed by atoms with Crippen LogP contribution in [0.3, 0.4) is 0 Å². The Morgan fingerprint density at radius 2 is 1.33 bits per heavy atom. The molecule has 0 aromatic heterocycles. The third-order valence-corrected chi connectivity index (χ3v) is 4.76. The second kappa shape index (κ2) is 6.40. The summed E-state index contributed by atoms with van der Waals surface area (Å²) in [6, 6.07) is 3.76. The van der Waals surface area contributed by atoms with Crippen molar-refractivity contribution in [1.29, 1.82) is 0 Å². The van der Waals surface area contributed by atoms with Gasteiger partial charge in [0, 0.05) is 42.9 Å². The van der Waals surface area contributed by atoms with Gasteiger partial charge in [0.25, 0.3) is 5.91 Å². The van der Waals surface area contributed by atoms with E-state index in [4.69, 9.17) is 0 Å². The van der Waals surface area contributed by atoms with Crippen molar-refractivity contribution in [2.45, 2.75) is 52.4 Å². The first kappa shape index (κ1) is 18.8. The van der Waals surface area contributed by atoms with Gasteiger partial charge in [-0.25, -0.2) is 0 Å². The highest BCUT2D eigenvalue weighted by Crippen LogP contribution is 2.40. The standard InChI is InChI=1S/C20H32N2O2/c1-19(2,3)15-12-14(13-16(17(15)23)20(4,5)6)18(24)22-10-8-21(7)9-11-22/h12-13,23H,8-11H2,1-7H3. The summed E-state index contributed by atoms with van der Waals surface area (Å²) in [6.07, 6.45) is 0. The fourth-order valence-corrected chi connectivity index (χ4v) is 3.09. The van der Waals surface area contributed by atoms with Crippen LogP contribution >= 0.6 is 0 Å². The van der Waals surface area contributed by atoms with Gasteiger partial charge in [0.2, 0.25) is 0 Å². The summed E-state index contributed by atoms with van der Waals surface area (Å²) in [7, 11) is 2.08. The van der Waals surface area contributed by atoms with Crippen LogP contribution in [0.15, 0.2) is 12.1 Å². The Labute approximate surface area is 146 Å². The lowest BCUT2D eigenvalue weighted by Crippen LogP contribution is -2.47. The van der Waals surface area contributed by atoms with Crippen LogP contribution in [0.5, 0.6) is 5.75 Å². The minimum Gasteiger partial charge on any atom is -0.507 e. The number of amides is 1. The molecular weight excluding hydrogens is 300 g/mol. The molecule has 1 saturated heterocycles. The Balaban J connectivity index is 2.48. The summed E-state index contributed by atoms with van der Waals surface area (Å²) < 4.78 is 0. The summed E-state index contributed by atoms with van der Waals surface area (Å²) >= 11 is 0. The Bertz CT molecular complexity index is 581. The van der Waals surface area contributed by atoms with Gasteiger partial charge >= 0.3 is 0 Å². The molecule has 24 heavy (non-hydrogen) atoms. The van der Waals surface area contributed by atoms with E-state index >= 15 is 0 Å². The molecule has 0 bridgehead atoms. The van der Waals surface area contributed by atoms with Gasteiger partial charge in [-0.1, -0.05) is 41.5 Å². The molecule has 0 spiro atoms. The molecule has 0 unspecified atom stereocenters. The third kappa shape index (κ3) is 3.92. The molecule has 134 valence electrons. The highest BCUT2D eigenvalue weighted by Gasteiger charge is 2.29. The number of piperazine rings is 1. The Kier molecular flexibility index (Phi) is 5.01. The number of carbonyl (C=O) groups is 1. The predicted octanol–water partition coefficient (Wildman–Crippen LogP) is 3.37. The number of nitrogens with zero attached hydrogens (tertiary/aromatic N) is 2. The molecule has 0 radical (unpaired) electrons. The van der Waals surface area contributed by atoms with Crippen LogP contribution in [-0.2, 0) is 10.8 Å². The van der Waals surface area contributed by atoms with Crippen molar-refractivity contribution in [3.05, 3.63) is 28.8 Å². The first-order chi connectivity index (χ1) is 10.9. The molecule has 1 amide bonds. The first-order valence-corrected chi connectivity index (χ1v) is 8.77. The van der Waals surface area contributed by atoms with E-state index in [1.807, 2.05) is 17.0 Å². The van der Waals surface area contributed by atoms with Gasteiger partial charge in [-0.05, 0) is 30.0 Å². The molecule has 4 nitrogen and oxygen atoms in total. The predicted molar refractivity (Wildman–Crippen MR) is 98.9 cm³/mol. The van der Waals surface area contributed by atoms with E-state index in [0.717, 1.165) is 37.3 Å². The minimum atomic E-state index is -0.220. The average Bonchev–Trinajstić information content (AvgIpc) is 2.45. The SMILES string of the molecule is CN1CCN(C(=O)c2cc(C(C)(C)C)c(O)c(C(C)(C)C)c2)CC1. The first-order valence-electron chi connectivity index (χ1n) is 8.77. The van der Waals surface area contributed by atoms with Crippen molar-refractivity contribution in [1.82, 2.24) is 9.80 Å². The van der Waals surface area contributed by atoms with Gasteiger partial charge in [0.1, 0.15) is 5.75 Å². The van der Waals surface area contributed by atoms with Crippen LogP contribution in [0.4, 0.5) is 0 Å². The topological polar surface area (TPSA) is 43.8 Å². The van der Waals surface area contributed by atoms with Crippen LogP contribution in [0.2, 0.25) is 0 Å². The van der Waals surface area contributed by atoms with E-state index in [0.29, 0.717) is 11.3 Å². The number of hydrogen-bond donors (Lipinski definition) is 1. The van der Waals surface area contributed by atoms with Gasteiger partial charge in [0.15, 0.2) is 0 Å². The van der Waals surface area contributed by atoms with Crippen LogP contribution in [-0.4, -0.2) is 54.0 Å². The Morgan fingerprint density at radius 1 is 0.917 bits per heavy atom. The summed E-state index contributed by atoms with van der Waals surface area (Å²) in [6.45, 7) is 15.7. The van der Waals surface area contributed by atoms with Gasteiger partial charge < -0.3 is 14.9 Å². The highest BCUT2D eigenvalue weighted by molar-refractivity contribution is 5.95. The number of likely N-dealkylation sites (N-methyl/N-ethyl adjacent to an activating group) is 1. The van der Waals surface area contributed by atoms with Crippen LogP contribution in [0.1, 0.15) is 63.0 Å². The molecule has 0 aliphatic carbocycles. The number of carbonyl (C=O) groups excluding carboxylic acids is 1. The molecule has 1 aliphatic rings. The molecule has 1 fully saturated rings. The van der Waals surface area contributed by atoms with E-state index in [1.165, 1.54) is 0 Å². The number of phenolic OH excluding ortho intramolecular Hbond substituents is 1. The lowest BCUT2D eigenvalue weighted by atomic mass is 9.78. The summed E-state index contributed by atoms with van der Waals surface area (Å²) in [4.78, 5) is 17.2. The van der Waals surface area contributed by atoms with E-state index in [-0.39, 0.29) is 16.7 Å². The van der Waals surface area contributed by atoms with Crippen molar-refractivity contribution in [3.8, 4) is 5.75 Å². The fraction of sp³-hybridized carbons (Fsp3) is 0.650. The zero-order valence-corrected chi connectivity index (χ0v) is 16.2. The average molecular weight is 332 g/mol. The van der Waals surface area contributed by atoms with Crippen LogP contribution in [0, 0.1) is 0 Å². The van der Waals surface area contributed by atoms with E-state index in [2.05, 4.69) is 53.5 Å². The van der Waals surface area contributed by atoms with Gasteiger partial charge in [0.05, 0.1) is 0 Å². The maximum absolute atomic E-state index is 13.0. The molecule has 2 rings (SSSR count). The van der Waals surface area contributed by atoms with Crippen molar-refractivity contribution < 1.29 is 9.90 Å². The van der Waals surface area contributed by atoms with Gasteiger partial charge in [-0.3, -0.25) is 4.79 Å². The smallest absolute Gasteiger partial charge is 0.253 e. The largest absolute Gasteiger partial charge is 0.507 e. The Hall–Kier alpha value is -1.55. The number of hydrogen-bond acceptors (Lipinski definition) is 3. The summed E-state index contributed by atoms with van der Waals surface area (Å²) in [5.41, 5.74) is 1.93. The minimum absolute atomic E-state index is 0.0686. The van der Waals surface area contributed by atoms with Crippen LogP contribution in [0.25, 0.3) is 0 Å². The normalized spacial score (nSPS) is 17.2. The fourth-order valence-electron chi connectivity index (χ4n) is 3.09. The van der Waals surface area contributed by atoms with E-state index in [9.17, 15) is 9.90 Å². The van der Waals surface area contributed by atoms with Gasteiger partial charge in [-0.15, -0.1) is 0 Å². The Morgan fingerprint density at radius 3 is 1.71 bits per heavy atom. The third-order valence-electron chi connectivity index (χ3n) is 4.76. The molecule has 0 atom stereocenters. The maximum atomic E-state index is 13.0. The quantitative estimate of drug-likeness (QED) is 0.857. The molecule has 1 aromatic carbocycles. The van der Waals surface area contributed by atoms with Crippen molar-refractivity contribution >= 4 is 5.91 Å². The van der Waals surface area contributed by atoms with E-state index in [1.54, 1.807) is 0 Å². The zero-order chi connectivity index (χ0) is 18.3. The summed E-state index contributed by atoms with van der Waals surface area (Å²) in [5.74, 6) is 0.393. The van der Waals surface area contributed by atoms with Crippen molar-refractivity contribution in [2.24, 2.45) is 0 Å². The number of rotatable bonds is 1.